The van der Waals surface area contributed by atoms with Gasteiger partial charge in [-0.15, -0.1) is 0 Å². The molecular formula is C68H47NO2. The monoisotopic (exact) mass is 909 g/mol. The van der Waals surface area contributed by atoms with E-state index in [0.717, 1.165) is 79.2 Å². The summed E-state index contributed by atoms with van der Waals surface area (Å²) in [5.41, 5.74) is 19.6. The van der Waals surface area contributed by atoms with Gasteiger partial charge >= 0.3 is 0 Å². The summed E-state index contributed by atoms with van der Waals surface area (Å²) in [5.74, 6) is 1.90. The fourth-order valence-corrected chi connectivity index (χ4v) is 12.4. The van der Waals surface area contributed by atoms with Gasteiger partial charge in [0.15, 0.2) is 0 Å². The summed E-state index contributed by atoms with van der Waals surface area (Å²) in [6, 6.07) is 86.3. The lowest BCUT2D eigenvalue weighted by molar-refractivity contribution is 0.153. The molecule has 1 aliphatic heterocycles. The number of para-hydroxylation sites is 3. The van der Waals surface area contributed by atoms with Crippen molar-refractivity contribution in [2.75, 3.05) is 4.90 Å². The second kappa shape index (κ2) is 16.1. The molecule has 2 aliphatic carbocycles. The maximum absolute atomic E-state index is 6.91. The van der Waals surface area contributed by atoms with Gasteiger partial charge in [-0.25, -0.2) is 0 Å². The summed E-state index contributed by atoms with van der Waals surface area (Å²) in [5, 5.41) is 2.23. The molecule has 2 atom stereocenters. The largest absolute Gasteiger partial charge is 0.461 e. The molecule has 0 saturated heterocycles. The topological polar surface area (TPSA) is 25.6 Å². The summed E-state index contributed by atoms with van der Waals surface area (Å²) in [4.78, 5) is 2.49. The summed E-state index contributed by atoms with van der Waals surface area (Å²) >= 11 is 0. The van der Waals surface area contributed by atoms with E-state index in [2.05, 4.69) is 255 Å². The fourth-order valence-electron chi connectivity index (χ4n) is 12.4. The van der Waals surface area contributed by atoms with Crippen LogP contribution < -0.4 is 9.64 Å². The van der Waals surface area contributed by atoms with Gasteiger partial charge in [-0.2, -0.15) is 0 Å². The van der Waals surface area contributed by atoms with E-state index < -0.39 is 10.8 Å². The van der Waals surface area contributed by atoms with E-state index in [1.165, 1.54) is 50.1 Å². The molecule has 3 nitrogen and oxygen atoms in total. The number of furan rings is 1. The van der Waals surface area contributed by atoms with Crippen molar-refractivity contribution >= 4 is 39.0 Å². The summed E-state index contributed by atoms with van der Waals surface area (Å²) in [7, 11) is 0. The van der Waals surface area contributed by atoms with E-state index >= 15 is 0 Å². The minimum atomic E-state index is -0.552. The van der Waals surface area contributed by atoms with Crippen molar-refractivity contribution in [2.45, 2.75) is 18.8 Å². The number of allylic oxidation sites excluding steroid dienone is 4. The first-order valence-corrected chi connectivity index (χ1v) is 24.6. The number of anilines is 3. The molecule has 0 saturated carbocycles. The molecule has 10 aromatic carbocycles. The Morgan fingerprint density at radius 2 is 1.01 bits per heavy atom. The number of nitrogens with zero attached hydrogens (tertiary/aromatic N) is 1. The Kier molecular flexibility index (Phi) is 9.31. The number of hydrogen-bond acceptors (Lipinski definition) is 3. The number of benzene rings is 10. The third-order valence-electron chi connectivity index (χ3n) is 15.6. The lowest BCUT2D eigenvalue weighted by Crippen LogP contribution is -2.50. The van der Waals surface area contributed by atoms with Gasteiger partial charge in [0.05, 0.1) is 11.1 Å². The molecule has 0 amide bonds. The first kappa shape index (κ1) is 41.1. The van der Waals surface area contributed by atoms with Crippen LogP contribution in [0.5, 0.6) is 5.75 Å². The molecule has 0 fully saturated rings. The number of hydrogen-bond donors (Lipinski definition) is 0. The molecule has 336 valence electrons. The van der Waals surface area contributed by atoms with E-state index in [0.29, 0.717) is 0 Å². The second-order valence-electron chi connectivity index (χ2n) is 19.3. The average Bonchev–Trinajstić information content (AvgIpc) is 3.95. The lowest BCUT2D eigenvalue weighted by atomic mass is 9.52. The molecule has 11 aromatic rings. The van der Waals surface area contributed by atoms with Gasteiger partial charge in [-0.1, -0.05) is 201 Å². The van der Waals surface area contributed by atoms with Gasteiger partial charge in [0.2, 0.25) is 0 Å². The number of ether oxygens (including phenoxy) is 1. The Morgan fingerprint density at radius 1 is 0.408 bits per heavy atom. The van der Waals surface area contributed by atoms with Crippen molar-refractivity contribution in [3.05, 3.63) is 277 Å². The summed E-state index contributed by atoms with van der Waals surface area (Å²) in [6.07, 6.45) is 7.50. The lowest BCUT2D eigenvalue weighted by Gasteiger charge is -2.53. The molecule has 3 aliphatic rings. The quantitative estimate of drug-likeness (QED) is 0.159. The highest BCUT2D eigenvalue weighted by Crippen LogP contribution is 2.68. The minimum absolute atomic E-state index is 0.417. The molecule has 2 heterocycles. The SMILES string of the molecule is CC12CC=CC=C1Oc1ccccc1C21c2ccccc2-c2ccc(N(c3cccc(-c4ccc5oc6ccccc6c5c4)c3)c3ccccc3-c3ccccc3-c3ccccc3-c3ccccc3)cc21. The van der Waals surface area contributed by atoms with E-state index in [4.69, 9.17) is 9.15 Å². The third kappa shape index (κ3) is 6.16. The molecule has 1 spiro atoms. The first-order valence-electron chi connectivity index (χ1n) is 24.6. The van der Waals surface area contributed by atoms with Crippen LogP contribution >= 0.6 is 0 Å². The van der Waals surface area contributed by atoms with Gasteiger partial charge in [-0.3, -0.25) is 0 Å². The van der Waals surface area contributed by atoms with Gasteiger partial charge in [0.1, 0.15) is 22.7 Å². The molecule has 3 heteroatoms. The van der Waals surface area contributed by atoms with Crippen LogP contribution in [0.3, 0.4) is 0 Å². The van der Waals surface area contributed by atoms with Gasteiger partial charge in [0, 0.05) is 38.7 Å². The first-order chi connectivity index (χ1) is 35.1. The van der Waals surface area contributed by atoms with Crippen LogP contribution in [0.4, 0.5) is 17.1 Å². The summed E-state index contributed by atoms with van der Waals surface area (Å²) in [6.45, 7) is 2.41. The highest BCUT2D eigenvalue weighted by atomic mass is 16.5. The van der Waals surface area contributed by atoms with E-state index in [-0.39, 0.29) is 0 Å². The zero-order chi connectivity index (χ0) is 47.1. The maximum Gasteiger partial charge on any atom is 0.135 e. The normalized spacial score (nSPS) is 17.3. The molecule has 2 unspecified atom stereocenters. The smallest absolute Gasteiger partial charge is 0.135 e. The Hall–Kier alpha value is -8.92. The minimum Gasteiger partial charge on any atom is -0.461 e. The number of fused-ring (bicyclic) bond motifs is 12. The summed E-state index contributed by atoms with van der Waals surface area (Å²) < 4.78 is 13.2. The highest BCUT2D eigenvalue weighted by molar-refractivity contribution is 6.06. The maximum atomic E-state index is 6.91. The van der Waals surface area contributed by atoms with Gasteiger partial charge in [0.25, 0.3) is 0 Å². The third-order valence-corrected chi connectivity index (χ3v) is 15.6. The Bertz CT molecular complexity index is 3990. The van der Waals surface area contributed by atoms with Crippen molar-refractivity contribution in [1.82, 2.24) is 0 Å². The predicted molar refractivity (Wildman–Crippen MR) is 292 cm³/mol. The van der Waals surface area contributed by atoms with Crippen LogP contribution in [0.15, 0.2) is 265 Å². The molecule has 0 N–H and O–H groups in total. The molecule has 14 rings (SSSR count). The van der Waals surface area contributed by atoms with Crippen LogP contribution in [0, 0.1) is 5.41 Å². The van der Waals surface area contributed by atoms with Crippen molar-refractivity contribution in [3.8, 4) is 61.4 Å². The van der Waals surface area contributed by atoms with Gasteiger partial charge < -0.3 is 14.1 Å². The average molecular weight is 910 g/mol. The van der Waals surface area contributed by atoms with E-state index in [9.17, 15) is 0 Å². The molecular weight excluding hydrogens is 863 g/mol. The van der Waals surface area contributed by atoms with Crippen LogP contribution in [0.25, 0.3) is 77.6 Å². The van der Waals surface area contributed by atoms with Crippen LogP contribution in [0.1, 0.15) is 30.0 Å². The van der Waals surface area contributed by atoms with Crippen molar-refractivity contribution in [1.29, 1.82) is 0 Å². The van der Waals surface area contributed by atoms with E-state index in [1.54, 1.807) is 0 Å². The van der Waals surface area contributed by atoms with Gasteiger partial charge in [-0.05, 0) is 128 Å². The van der Waals surface area contributed by atoms with E-state index in [1.807, 2.05) is 12.1 Å². The zero-order valence-electron chi connectivity index (χ0n) is 39.2. The van der Waals surface area contributed by atoms with Crippen LogP contribution in [-0.2, 0) is 5.41 Å². The Balaban J connectivity index is 1.02. The molecule has 0 radical (unpaired) electrons. The fraction of sp³-hybridized carbons (Fsp3) is 0.0588. The predicted octanol–water partition coefficient (Wildman–Crippen LogP) is 18.3. The van der Waals surface area contributed by atoms with Crippen LogP contribution in [0.2, 0.25) is 0 Å². The van der Waals surface area contributed by atoms with Crippen LogP contribution in [-0.4, -0.2) is 0 Å². The Labute approximate surface area is 413 Å². The highest BCUT2D eigenvalue weighted by Gasteiger charge is 2.62. The Morgan fingerprint density at radius 3 is 1.86 bits per heavy atom. The molecule has 0 bridgehead atoms. The number of rotatable bonds is 7. The molecule has 1 aromatic heterocycles. The van der Waals surface area contributed by atoms with Crippen molar-refractivity contribution < 1.29 is 9.15 Å². The van der Waals surface area contributed by atoms with Crippen molar-refractivity contribution in [2.24, 2.45) is 5.41 Å². The molecule has 71 heavy (non-hydrogen) atoms. The standard InChI is InChI=1S/C68H47NO2/c1-67-41-18-17-36-66(67)71-65-35-16-13-32-60(65)68(67)59-31-12-9-28-54(59)55-39-38-49(44-61(55)68)69(48-23-19-22-46(42-48)47-37-40-64-58(43-47)57-30-11-15-34-63(57)70-64)62-33-14-10-29-56(62)53-27-8-7-26-52(53)51-25-6-5-24-50(51)45-20-3-2-4-21-45/h2-40,42-44H,41H2,1H3. The second-order valence-corrected chi connectivity index (χ2v) is 19.3. The van der Waals surface area contributed by atoms with Crippen molar-refractivity contribution in [3.63, 3.8) is 0 Å². The zero-order valence-corrected chi connectivity index (χ0v) is 39.2.